The fraction of sp³-hybridized carbons (Fsp3) is 0.444. The van der Waals surface area contributed by atoms with Crippen LogP contribution >= 0.6 is 0 Å². The van der Waals surface area contributed by atoms with Crippen LogP contribution in [0.25, 0.3) is 0 Å². The third-order valence-corrected chi connectivity index (χ3v) is 7.08. The van der Waals surface area contributed by atoms with Crippen molar-refractivity contribution in [2.75, 3.05) is 26.9 Å². The molecule has 5 rings (SSSR count). The number of hydrazine groups is 1. The van der Waals surface area contributed by atoms with Crippen LogP contribution < -0.4 is 14.8 Å². The number of nitrogens with one attached hydrogen (secondary N) is 1. The van der Waals surface area contributed by atoms with E-state index in [0.29, 0.717) is 31.0 Å². The topological polar surface area (TPSA) is 94.7 Å². The van der Waals surface area contributed by atoms with Crippen LogP contribution in [0.1, 0.15) is 37.3 Å². The zero-order chi connectivity index (χ0) is 25.9. The van der Waals surface area contributed by atoms with E-state index in [4.69, 9.17) is 9.47 Å². The van der Waals surface area contributed by atoms with Gasteiger partial charge < -0.3 is 24.6 Å². The average molecular weight is 508 g/mol. The van der Waals surface area contributed by atoms with E-state index in [-0.39, 0.29) is 37.7 Å². The molecule has 2 saturated heterocycles. The van der Waals surface area contributed by atoms with Crippen LogP contribution in [0.4, 0.5) is 4.79 Å². The molecule has 1 N–H and O–H groups in total. The molecule has 10 nitrogen and oxygen atoms in total. The molecule has 10 heteroatoms. The Kier molecular flexibility index (Phi) is 7.18. The SMILES string of the molecule is CCCC[C@H]1C(=O)N(Cc2ccc3c(c2)OCO3)C[C@H]2N1C(=O)CN(C)N2C(=O)NCc1ccccc1. The number of rotatable bonds is 7. The third kappa shape index (κ3) is 5.06. The number of carbonyl (C=O) groups is 3. The summed E-state index contributed by atoms with van der Waals surface area (Å²) >= 11 is 0. The molecule has 0 aromatic heterocycles. The molecule has 37 heavy (non-hydrogen) atoms. The number of amides is 4. The molecule has 0 unspecified atom stereocenters. The van der Waals surface area contributed by atoms with Gasteiger partial charge in [0.2, 0.25) is 18.6 Å². The quantitative estimate of drug-likeness (QED) is 0.619. The summed E-state index contributed by atoms with van der Waals surface area (Å²) in [4.78, 5) is 43.7. The number of fused-ring (bicyclic) bond motifs is 2. The number of urea groups is 1. The van der Waals surface area contributed by atoms with Gasteiger partial charge in [-0.05, 0) is 29.7 Å². The van der Waals surface area contributed by atoms with Crippen molar-refractivity contribution in [2.24, 2.45) is 0 Å². The van der Waals surface area contributed by atoms with E-state index in [1.807, 2.05) is 48.5 Å². The third-order valence-electron chi connectivity index (χ3n) is 7.08. The van der Waals surface area contributed by atoms with Crippen LogP contribution in [0, 0.1) is 0 Å². The summed E-state index contributed by atoms with van der Waals surface area (Å²) < 4.78 is 10.9. The molecule has 0 spiro atoms. The van der Waals surface area contributed by atoms with Gasteiger partial charge in [0, 0.05) is 20.1 Å². The van der Waals surface area contributed by atoms with Gasteiger partial charge in [-0.25, -0.2) is 14.8 Å². The standard InChI is InChI=1S/C27H33N5O5/c1-3-4-10-21-26(34)30(15-20-11-12-22-23(13-20)37-18-36-22)16-24-31(21)25(33)17-29(2)32(24)27(35)28-14-19-8-6-5-7-9-19/h5-9,11-13,21,24H,3-4,10,14-18H2,1-2H3,(H,28,35)/t21-,24-/m0/s1. The lowest BCUT2D eigenvalue weighted by atomic mass is 10.0. The monoisotopic (exact) mass is 507 g/mol. The van der Waals surface area contributed by atoms with E-state index in [1.165, 1.54) is 0 Å². The van der Waals surface area contributed by atoms with Crippen molar-refractivity contribution in [3.8, 4) is 11.5 Å². The molecule has 3 heterocycles. The summed E-state index contributed by atoms with van der Waals surface area (Å²) in [6.07, 6.45) is 1.66. The molecular weight excluding hydrogens is 474 g/mol. The lowest BCUT2D eigenvalue weighted by Crippen LogP contribution is -2.75. The molecule has 0 saturated carbocycles. The smallest absolute Gasteiger partial charge is 0.334 e. The predicted octanol–water partition coefficient (Wildman–Crippen LogP) is 2.54. The molecule has 0 radical (unpaired) electrons. The van der Waals surface area contributed by atoms with Gasteiger partial charge in [0.1, 0.15) is 12.2 Å². The van der Waals surface area contributed by atoms with Gasteiger partial charge >= 0.3 is 6.03 Å². The van der Waals surface area contributed by atoms with Crippen molar-refractivity contribution in [2.45, 2.75) is 51.5 Å². The Hall–Kier alpha value is -3.79. The van der Waals surface area contributed by atoms with Crippen molar-refractivity contribution in [3.05, 3.63) is 59.7 Å². The molecule has 3 aliphatic heterocycles. The van der Waals surface area contributed by atoms with Gasteiger partial charge in [0.25, 0.3) is 0 Å². The van der Waals surface area contributed by atoms with Crippen LogP contribution in [-0.4, -0.2) is 76.8 Å². The minimum atomic E-state index is -0.613. The molecular formula is C27H33N5O5. The van der Waals surface area contributed by atoms with Gasteiger partial charge in [-0.15, -0.1) is 0 Å². The van der Waals surface area contributed by atoms with Gasteiger partial charge in [0.05, 0.1) is 13.1 Å². The zero-order valence-corrected chi connectivity index (χ0v) is 21.3. The average Bonchev–Trinajstić information content (AvgIpc) is 3.36. The van der Waals surface area contributed by atoms with E-state index >= 15 is 0 Å². The Bertz CT molecular complexity index is 1160. The predicted molar refractivity (Wildman–Crippen MR) is 135 cm³/mol. The first-order chi connectivity index (χ1) is 18.0. The van der Waals surface area contributed by atoms with E-state index in [0.717, 1.165) is 24.0 Å². The summed E-state index contributed by atoms with van der Waals surface area (Å²) in [6.45, 7) is 3.20. The van der Waals surface area contributed by atoms with Crippen molar-refractivity contribution in [1.29, 1.82) is 0 Å². The van der Waals surface area contributed by atoms with E-state index < -0.39 is 12.2 Å². The number of benzene rings is 2. The van der Waals surface area contributed by atoms with Crippen molar-refractivity contribution in [3.63, 3.8) is 0 Å². The molecule has 2 atom stereocenters. The fourth-order valence-electron chi connectivity index (χ4n) is 5.24. The van der Waals surface area contributed by atoms with Crippen molar-refractivity contribution < 1.29 is 23.9 Å². The zero-order valence-electron chi connectivity index (χ0n) is 21.3. The van der Waals surface area contributed by atoms with Gasteiger partial charge in [0.15, 0.2) is 11.5 Å². The van der Waals surface area contributed by atoms with E-state index in [1.54, 1.807) is 26.9 Å². The largest absolute Gasteiger partial charge is 0.454 e. The molecule has 4 amide bonds. The highest BCUT2D eigenvalue weighted by molar-refractivity contribution is 5.91. The maximum absolute atomic E-state index is 13.7. The van der Waals surface area contributed by atoms with Gasteiger partial charge in [-0.1, -0.05) is 56.2 Å². The normalized spacial score (nSPS) is 21.3. The van der Waals surface area contributed by atoms with Crippen LogP contribution in [0.3, 0.4) is 0 Å². The molecule has 2 aromatic carbocycles. The highest BCUT2D eigenvalue weighted by Gasteiger charge is 2.50. The summed E-state index contributed by atoms with van der Waals surface area (Å²) in [5.74, 6) is 1.10. The number of carbonyl (C=O) groups excluding carboxylic acids is 3. The minimum Gasteiger partial charge on any atom is -0.454 e. The number of nitrogens with zero attached hydrogens (tertiary/aromatic N) is 4. The summed E-state index contributed by atoms with van der Waals surface area (Å²) in [5, 5.41) is 6.22. The Labute approximate surface area is 216 Å². The highest BCUT2D eigenvalue weighted by Crippen LogP contribution is 2.34. The first-order valence-corrected chi connectivity index (χ1v) is 12.8. The van der Waals surface area contributed by atoms with Crippen LogP contribution in [0.2, 0.25) is 0 Å². The summed E-state index contributed by atoms with van der Waals surface area (Å²) in [5.41, 5.74) is 1.88. The Morgan fingerprint density at radius 3 is 2.62 bits per heavy atom. The molecule has 196 valence electrons. The Morgan fingerprint density at radius 2 is 1.84 bits per heavy atom. The Balaban J connectivity index is 1.40. The first-order valence-electron chi connectivity index (χ1n) is 12.8. The highest BCUT2D eigenvalue weighted by atomic mass is 16.7. The first kappa shape index (κ1) is 24.9. The molecule has 3 aliphatic rings. The number of unbranched alkanes of at least 4 members (excludes halogenated alkanes) is 1. The lowest BCUT2D eigenvalue weighted by molar-refractivity contribution is -0.188. The van der Waals surface area contributed by atoms with Gasteiger partial charge in [-0.2, -0.15) is 0 Å². The minimum absolute atomic E-state index is 0.0350. The van der Waals surface area contributed by atoms with E-state index in [9.17, 15) is 14.4 Å². The fourth-order valence-corrected chi connectivity index (χ4v) is 5.24. The number of hydrogen-bond donors (Lipinski definition) is 1. The summed E-state index contributed by atoms with van der Waals surface area (Å²) in [7, 11) is 1.73. The summed E-state index contributed by atoms with van der Waals surface area (Å²) in [6, 6.07) is 14.4. The van der Waals surface area contributed by atoms with Crippen LogP contribution in [0.5, 0.6) is 11.5 Å². The number of hydrogen-bond acceptors (Lipinski definition) is 6. The van der Waals surface area contributed by atoms with E-state index in [2.05, 4.69) is 12.2 Å². The second-order valence-electron chi connectivity index (χ2n) is 9.65. The number of piperazine rings is 1. The van der Waals surface area contributed by atoms with Crippen molar-refractivity contribution >= 4 is 17.8 Å². The number of ether oxygens (including phenoxy) is 2. The maximum atomic E-state index is 13.7. The van der Waals surface area contributed by atoms with Gasteiger partial charge in [-0.3, -0.25) is 9.59 Å². The molecule has 2 fully saturated rings. The second-order valence-corrected chi connectivity index (χ2v) is 9.65. The molecule has 0 aliphatic carbocycles. The lowest BCUT2D eigenvalue weighted by Gasteiger charge is -2.54. The molecule has 2 aromatic rings. The van der Waals surface area contributed by atoms with Crippen LogP contribution in [-0.2, 0) is 22.7 Å². The second kappa shape index (κ2) is 10.7. The van der Waals surface area contributed by atoms with Crippen LogP contribution in [0.15, 0.2) is 48.5 Å². The molecule has 0 bridgehead atoms. The number of likely N-dealkylation sites (N-methyl/N-ethyl adjacent to an activating group) is 1. The Morgan fingerprint density at radius 1 is 1.05 bits per heavy atom. The van der Waals surface area contributed by atoms with Crippen molar-refractivity contribution in [1.82, 2.24) is 25.1 Å². The maximum Gasteiger partial charge on any atom is 0.334 e.